The molecule has 0 spiro atoms. The van der Waals surface area contributed by atoms with Crippen molar-refractivity contribution in [3.8, 4) is 17.1 Å². The van der Waals surface area contributed by atoms with Crippen LogP contribution in [0.2, 0.25) is 0 Å². The summed E-state index contributed by atoms with van der Waals surface area (Å²) in [6, 6.07) is 5.76. The van der Waals surface area contributed by atoms with Gasteiger partial charge in [-0.25, -0.2) is 15.8 Å². The minimum atomic E-state index is 0.661. The fraction of sp³-hybridized carbons (Fsp3) is 0.333. The maximum atomic E-state index is 5.64. The first kappa shape index (κ1) is 14.3. The smallest absolute Gasteiger partial charge is 0.163 e. The molecule has 1 aliphatic rings. The number of halogens is 1. The third-order valence-corrected chi connectivity index (χ3v) is 4.43. The molecule has 6 heteroatoms. The zero-order valence-electron chi connectivity index (χ0n) is 11.8. The maximum Gasteiger partial charge on any atom is 0.163 e. The first-order chi connectivity index (χ1) is 10.2. The summed E-state index contributed by atoms with van der Waals surface area (Å²) >= 11 is 3.55. The first-order valence-electron chi connectivity index (χ1n) is 6.93. The molecule has 1 aliphatic carbocycles. The molecule has 0 saturated heterocycles. The van der Waals surface area contributed by atoms with E-state index < -0.39 is 0 Å². The number of nitrogens with one attached hydrogen (secondary N) is 1. The summed E-state index contributed by atoms with van der Waals surface area (Å²) in [6.07, 6.45) is 4.27. The highest BCUT2D eigenvalue weighted by Crippen LogP contribution is 2.33. The van der Waals surface area contributed by atoms with Crippen molar-refractivity contribution in [2.45, 2.75) is 25.7 Å². The van der Waals surface area contributed by atoms with Gasteiger partial charge in [0.05, 0.1) is 7.11 Å². The Kier molecular flexibility index (Phi) is 4.07. The lowest BCUT2D eigenvalue weighted by molar-refractivity contribution is 0.415. The second kappa shape index (κ2) is 5.99. The molecule has 1 aromatic carbocycles. The van der Waals surface area contributed by atoms with Crippen LogP contribution in [0.1, 0.15) is 24.1 Å². The molecule has 0 unspecified atom stereocenters. The van der Waals surface area contributed by atoms with Gasteiger partial charge in [0, 0.05) is 21.3 Å². The lowest BCUT2D eigenvalue weighted by atomic mass is 9.96. The van der Waals surface area contributed by atoms with Crippen LogP contribution < -0.4 is 16.0 Å². The minimum absolute atomic E-state index is 0.661. The minimum Gasteiger partial charge on any atom is -0.497 e. The zero-order valence-corrected chi connectivity index (χ0v) is 13.4. The van der Waals surface area contributed by atoms with E-state index in [1.54, 1.807) is 7.11 Å². The molecule has 1 aromatic heterocycles. The Morgan fingerprint density at radius 3 is 2.81 bits per heavy atom. The Morgan fingerprint density at radius 1 is 1.24 bits per heavy atom. The molecule has 0 saturated carbocycles. The van der Waals surface area contributed by atoms with Gasteiger partial charge in [-0.15, -0.1) is 0 Å². The number of aromatic nitrogens is 2. The van der Waals surface area contributed by atoms with E-state index in [0.29, 0.717) is 5.82 Å². The predicted octanol–water partition coefficient (Wildman–Crippen LogP) is 3.08. The molecule has 3 rings (SSSR count). The van der Waals surface area contributed by atoms with Crippen molar-refractivity contribution in [1.29, 1.82) is 0 Å². The number of hydrogen-bond acceptors (Lipinski definition) is 5. The molecule has 2 aromatic rings. The molecule has 0 atom stereocenters. The second-order valence-corrected chi connectivity index (χ2v) is 5.87. The third-order valence-electron chi connectivity index (χ3n) is 3.73. The van der Waals surface area contributed by atoms with Gasteiger partial charge in [-0.2, -0.15) is 0 Å². The number of nitrogen functional groups attached to an aromatic ring is 1. The SMILES string of the molecule is COc1ccc(Br)c(-c2nc3c(c(NN)n2)CCCC3)c1. The lowest BCUT2D eigenvalue weighted by Gasteiger charge is -2.19. The van der Waals surface area contributed by atoms with Gasteiger partial charge in [-0.05, 0) is 43.9 Å². The molecule has 1 heterocycles. The molecule has 0 aliphatic heterocycles. The highest BCUT2D eigenvalue weighted by atomic mass is 79.9. The van der Waals surface area contributed by atoms with E-state index in [2.05, 4.69) is 26.3 Å². The van der Waals surface area contributed by atoms with Gasteiger partial charge in [0.1, 0.15) is 11.6 Å². The molecule has 0 amide bonds. The Labute approximate surface area is 132 Å². The van der Waals surface area contributed by atoms with Crippen molar-refractivity contribution >= 4 is 21.7 Å². The Bertz CT molecular complexity index is 658. The van der Waals surface area contributed by atoms with Crippen LogP contribution in [0.25, 0.3) is 11.4 Å². The highest BCUT2D eigenvalue weighted by Gasteiger charge is 2.19. The van der Waals surface area contributed by atoms with Crippen molar-refractivity contribution in [3.63, 3.8) is 0 Å². The van der Waals surface area contributed by atoms with E-state index in [4.69, 9.17) is 15.6 Å². The van der Waals surface area contributed by atoms with Crippen molar-refractivity contribution < 1.29 is 4.74 Å². The topological polar surface area (TPSA) is 73.1 Å². The number of rotatable bonds is 3. The number of anilines is 1. The molecular weight excluding hydrogens is 332 g/mol. The average Bonchev–Trinajstić information content (AvgIpc) is 2.54. The summed E-state index contributed by atoms with van der Waals surface area (Å²) in [5, 5.41) is 0. The summed E-state index contributed by atoms with van der Waals surface area (Å²) in [6.45, 7) is 0. The number of ether oxygens (including phenoxy) is 1. The fourth-order valence-corrected chi connectivity index (χ4v) is 3.06. The number of nitrogens with two attached hydrogens (primary N) is 1. The van der Waals surface area contributed by atoms with Crippen LogP contribution in [0, 0.1) is 0 Å². The van der Waals surface area contributed by atoms with E-state index in [9.17, 15) is 0 Å². The van der Waals surface area contributed by atoms with Crippen LogP contribution in [0.3, 0.4) is 0 Å². The number of fused-ring (bicyclic) bond motifs is 1. The van der Waals surface area contributed by atoms with Crippen molar-refractivity contribution in [2.24, 2.45) is 5.84 Å². The van der Waals surface area contributed by atoms with Gasteiger partial charge < -0.3 is 10.2 Å². The maximum absolute atomic E-state index is 5.64. The van der Waals surface area contributed by atoms with Crippen LogP contribution >= 0.6 is 15.9 Å². The molecule has 110 valence electrons. The standard InChI is InChI=1S/C15H17BrN4O/c1-21-9-6-7-12(16)11(8-9)14-18-13-5-3-2-4-10(13)15(19-14)20-17/h6-8H,2-5,17H2,1H3,(H,18,19,20). The van der Waals surface area contributed by atoms with E-state index in [0.717, 1.165) is 58.5 Å². The van der Waals surface area contributed by atoms with Gasteiger partial charge in [0.25, 0.3) is 0 Å². The monoisotopic (exact) mass is 348 g/mol. The molecule has 21 heavy (non-hydrogen) atoms. The number of aryl methyl sites for hydroxylation is 1. The summed E-state index contributed by atoms with van der Waals surface area (Å²) in [4.78, 5) is 9.31. The molecule has 0 radical (unpaired) electrons. The second-order valence-electron chi connectivity index (χ2n) is 5.02. The molecule has 5 nitrogen and oxygen atoms in total. The number of hydrogen-bond donors (Lipinski definition) is 2. The molecule has 0 fully saturated rings. The normalized spacial score (nSPS) is 13.7. The number of hydrazine groups is 1. The summed E-state index contributed by atoms with van der Waals surface area (Å²) in [5.74, 6) is 7.80. The van der Waals surface area contributed by atoms with Crippen molar-refractivity contribution in [1.82, 2.24) is 9.97 Å². The average molecular weight is 349 g/mol. The summed E-state index contributed by atoms with van der Waals surface area (Å²) in [5.41, 5.74) is 5.85. The van der Waals surface area contributed by atoms with Crippen LogP contribution in [-0.4, -0.2) is 17.1 Å². The van der Waals surface area contributed by atoms with Crippen molar-refractivity contribution in [3.05, 3.63) is 33.9 Å². The summed E-state index contributed by atoms with van der Waals surface area (Å²) < 4.78 is 6.22. The lowest BCUT2D eigenvalue weighted by Crippen LogP contribution is -2.17. The predicted molar refractivity (Wildman–Crippen MR) is 86.2 cm³/mol. The van der Waals surface area contributed by atoms with Gasteiger partial charge in [0.2, 0.25) is 0 Å². The van der Waals surface area contributed by atoms with Gasteiger partial charge in [0.15, 0.2) is 5.82 Å². The molecule has 3 N–H and O–H groups in total. The van der Waals surface area contributed by atoms with Crippen molar-refractivity contribution in [2.75, 3.05) is 12.5 Å². The van der Waals surface area contributed by atoms with Gasteiger partial charge >= 0.3 is 0 Å². The quantitative estimate of drug-likeness (QED) is 0.658. The van der Waals surface area contributed by atoms with Crippen LogP contribution in [0.15, 0.2) is 22.7 Å². The molecular formula is C15H17BrN4O. The number of benzene rings is 1. The largest absolute Gasteiger partial charge is 0.497 e. The zero-order chi connectivity index (χ0) is 14.8. The summed E-state index contributed by atoms with van der Waals surface area (Å²) in [7, 11) is 1.65. The third kappa shape index (κ3) is 2.73. The number of nitrogens with zero attached hydrogens (tertiary/aromatic N) is 2. The van der Waals surface area contributed by atoms with E-state index in [1.165, 1.54) is 0 Å². The van der Waals surface area contributed by atoms with E-state index >= 15 is 0 Å². The Hall–Kier alpha value is -1.66. The fourth-order valence-electron chi connectivity index (χ4n) is 2.64. The molecule has 0 bridgehead atoms. The van der Waals surface area contributed by atoms with Gasteiger partial charge in [-0.3, -0.25) is 0 Å². The highest BCUT2D eigenvalue weighted by molar-refractivity contribution is 9.10. The van der Waals surface area contributed by atoms with E-state index in [1.807, 2.05) is 18.2 Å². The Morgan fingerprint density at radius 2 is 2.05 bits per heavy atom. The Balaban J connectivity index is 2.14. The van der Waals surface area contributed by atoms with Crippen LogP contribution in [0.4, 0.5) is 5.82 Å². The number of methoxy groups -OCH3 is 1. The van der Waals surface area contributed by atoms with Crippen LogP contribution in [0.5, 0.6) is 5.75 Å². The van der Waals surface area contributed by atoms with Crippen LogP contribution in [-0.2, 0) is 12.8 Å². The first-order valence-corrected chi connectivity index (χ1v) is 7.72. The van der Waals surface area contributed by atoms with Gasteiger partial charge in [-0.1, -0.05) is 15.9 Å². The van der Waals surface area contributed by atoms with E-state index in [-0.39, 0.29) is 0 Å².